The Morgan fingerprint density at radius 3 is 2.44 bits per heavy atom. The van der Waals surface area contributed by atoms with Crippen molar-refractivity contribution in [3.8, 4) is 22.7 Å². The van der Waals surface area contributed by atoms with E-state index < -0.39 is 5.97 Å². The minimum atomic E-state index is -0.628. The molecule has 0 atom stereocenters. The zero-order chi connectivity index (χ0) is 23.1. The zero-order valence-corrected chi connectivity index (χ0v) is 19.2. The van der Waals surface area contributed by atoms with Crippen LogP contribution in [0.4, 0.5) is 0 Å². The van der Waals surface area contributed by atoms with Gasteiger partial charge in [-0.25, -0.2) is 9.48 Å². The fourth-order valence-corrected chi connectivity index (χ4v) is 3.37. The van der Waals surface area contributed by atoms with E-state index in [1.165, 1.54) is 7.11 Å². The molecule has 7 nitrogen and oxygen atoms in total. The van der Waals surface area contributed by atoms with E-state index in [1.807, 2.05) is 6.07 Å². The van der Waals surface area contributed by atoms with Crippen LogP contribution in [0.25, 0.3) is 16.9 Å². The van der Waals surface area contributed by atoms with Crippen molar-refractivity contribution in [2.24, 2.45) is 0 Å². The average molecular weight is 477 g/mol. The van der Waals surface area contributed by atoms with Gasteiger partial charge >= 0.3 is 11.9 Å². The monoisotopic (exact) mass is 476 g/mol. The van der Waals surface area contributed by atoms with E-state index in [0.717, 1.165) is 0 Å². The Kier molecular flexibility index (Phi) is 8.14. The molecule has 0 N–H and O–H groups in total. The fraction of sp³-hybridized carbons (Fsp3) is 0.261. The van der Waals surface area contributed by atoms with Crippen molar-refractivity contribution in [2.45, 2.75) is 19.8 Å². The first-order chi connectivity index (χ1) is 15.5. The lowest BCUT2D eigenvalue weighted by Crippen LogP contribution is -2.10. The normalized spacial score (nSPS) is 10.6. The lowest BCUT2D eigenvalue weighted by molar-refractivity contribution is -0.140. The molecule has 0 aliphatic carbocycles. The Bertz CT molecular complexity index is 1100. The van der Waals surface area contributed by atoms with Crippen molar-refractivity contribution in [3.63, 3.8) is 0 Å². The summed E-state index contributed by atoms with van der Waals surface area (Å²) in [6, 6.07) is 14.2. The maximum atomic E-state index is 12.7. The number of halogens is 2. The lowest BCUT2D eigenvalue weighted by atomic mass is 10.1. The van der Waals surface area contributed by atoms with Gasteiger partial charge in [-0.3, -0.25) is 4.79 Å². The third kappa shape index (κ3) is 5.41. The number of hydrogen-bond acceptors (Lipinski definition) is 6. The number of esters is 2. The molecule has 3 aromatic rings. The molecular weight excluding hydrogens is 455 g/mol. The topological polar surface area (TPSA) is 79.6 Å². The lowest BCUT2D eigenvalue weighted by Gasteiger charge is -2.12. The molecule has 0 aliphatic rings. The molecule has 32 heavy (non-hydrogen) atoms. The standard InChI is InChI=1S/C23H22Cl2N2O5/c1-3-31-23(29)20-22(32-14-6-9-19(28)30-2)21(15-10-12-16(24)13-11-15)27(26-20)18-8-5-4-7-17(18)25/h4-5,7-8,10-13H,3,6,9,14H2,1-2H3. The van der Waals surface area contributed by atoms with Gasteiger partial charge in [0.2, 0.25) is 5.69 Å². The first kappa shape index (κ1) is 23.6. The van der Waals surface area contributed by atoms with Gasteiger partial charge in [-0.1, -0.05) is 47.5 Å². The van der Waals surface area contributed by atoms with Gasteiger partial charge in [-0.05, 0) is 37.6 Å². The quantitative estimate of drug-likeness (QED) is 0.305. The molecular formula is C23H22Cl2N2O5. The summed E-state index contributed by atoms with van der Waals surface area (Å²) in [6.07, 6.45) is 0.576. The Balaban J connectivity index is 2.13. The van der Waals surface area contributed by atoms with Gasteiger partial charge in [0.05, 0.1) is 31.0 Å². The fourth-order valence-electron chi connectivity index (χ4n) is 3.03. The smallest absolute Gasteiger partial charge is 0.362 e. The minimum absolute atomic E-state index is 0.00906. The SMILES string of the molecule is CCOC(=O)c1nn(-c2ccccc2Cl)c(-c2ccc(Cl)cc2)c1OCCCC(=O)OC. The highest BCUT2D eigenvalue weighted by Gasteiger charge is 2.28. The number of hydrogen-bond donors (Lipinski definition) is 0. The van der Waals surface area contributed by atoms with E-state index in [1.54, 1.807) is 54.1 Å². The highest BCUT2D eigenvalue weighted by atomic mass is 35.5. The van der Waals surface area contributed by atoms with Crippen LogP contribution in [0.3, 0.4) is 0 Å². The van der Waals surface area contributed by atoms with E-state index in [-0.39, 0.29) is 37.0 Å². The molecule has 0 aliphatic heterocycles. The average Bonchev–Trinajstić information content (AvgIpc) is 3.16. The van der Waals surface area contributed by atoms with Crippen molar-refractivity contribution in [3.05, 3.63) is 64.3 Å². The summed E-state index contributed by atoms with van der Waals surface area (Å²) in [7, 11) is 1.33. The van der Waals surface area contributed by atoms with Gasteiger partial charge in [0.25, 0.3) is 0 Å². The summed E-state index contributed by atoms with van der Waals surface area (Å²) in [5, 5.41) is 5.50. The number of ether oxygens (including phenoxy) is 3. The molecule has 2 aromatic carbocycles. The minimum Gasteiger partial charge on any atom is -0.489 e. The van der Waals surface area contributed by atoms with Gasteiger partial charge in [0.1, 0.15) is 5.69 Å². The van der Waals surface area contributed by atoms with E-state index in [2.05, 4.69) is 9.84 Å². The maximum absolute atomic E-state index is 12.7. The number of carbonyl (C=O) groups excluding carboxylic acids is 2. The summed E-state index contributed by atoms with van der Waals surface area (Å²) in [4.78, 5) is 24.1. The zero-order valence-electron chi connectivity index (χ0n) is 17.6. The summed E-state index contributed by atoms with van der Waals surface area (Å²) in [5.74, 6) is -0.740. The highest BCUT2D eigenvalue weighted by molar-refractivity contribution is 6.32. The van der Waals surface area contributed by atoms with Gasteiger partial charge in [-0.2, -0.15) is 5.10 Å². The number of rotatable bonds is 9. The molecule has 0 saturated carbocycles. The van der Waals surface area contributed by atoms with Crippen molar-refractivity contribution in [1.82, 2.24) is 9.78 Å². The molecule has 0 saturated heterocycles. The predicted molar refractivity (Wildman–Crippen MR) is 122 cm³/mol. The van der Waals surface area contributed by atoms with Crippen molar-refractivity contribution in [1.29, 1.82) is 0 Å². The summed E-state index contributed by atoms with van der Waals surface area (Å²) >= 11 is 12.5. The second-order valence-corrected chi connectivity index (χ2v) is 7.49. The predicted octanol–water partition coefficient (Wildman–Crippen LogP) is 5.35. The van der Waals surface area contributed by atoms with Crippen LogP contribution in [0.1, 0.15) is 30.3 Å². The Morgan fingerprint density at radius 1 is 1.06 bits per heavy atom. The molecule has 1 aromatic heterocycles. The number of nitrogens with zero attached hydrogens (tertiary/aromatic N) is 2. The van der Waals surface area contributed by atoms with E-state index in [0.29, 0.717) is 33.4 Å². The first-order valence-electron chi connectivity index (χ1n) is 9.96. The number of carbonyl (C=O) groups is 2. The molecule has 0 spiro atoms. The summed E-state index contributed by atoms with van der Waals surface area (Å²) in [5.41, 5.74) is 1.79. The van der Waals surface area contributed by atoms with Crippen LogP contribution in [0.2, 0.25) is 10.0 Å². The number of aromatic nitrogens is 2. The van der Waals surface area contributed by atoms with Gasteiger partial charge < -0.3 is 14.2 Å². The number of methoxy groups -OCH3 is 1. The van der Waals surface area contributed by atoms with E-state index >= 15 is 0 Å². The molecule has 0 amide bonds. The molecule has 0 unspecified atom stereocenters. The van der Waals surface area contributed by atoms with Crippen molar-refractivity contribution < 1.29 is 23.8 Å². The second-order valence-electron chi connectivity index (χ2n) is 6.65. The summed E-state index contributed by atoms with van der Waals surface area (Å²) in [6.45, 7) is 2.05. The van der Waals surface area contributed by atoms with Crippen LogP contribution in [0, 0.1) is 0 Å². The summed E-state index contributed by atoms with van der Waals surface area (Å²) < 4.78 is 17.4. The Labute approximate surface area is 195 Å². The molecule has 3 rings (SSSR count). The molecule has 9 heteroatoms. The van der Waals surface area contributed by atoms with E-state index in [9.17, 15) is 9.59 Å². The third-order valence-electron chi connectivity index (χ3n) is 4.51. The van der Waals surface area contributed by atoms with Crippen LogP contribution in [0.15, 0.2) is 48.5 Å². The molecule has 0 bridgehead atoms. The third-order valence-corrected chi connectivity index (χ3v) is 5.08. The maximum Gasteiger partial charge on any atom is 0.362 e. The second kappa shape index (κ2) is 11.0. The largest absolute Gasteiger partial charge is 0.489 e. The van der Waals surface area contributed by atoms with Gasteiger partial charge in [0, 0.05) is 17.0 Å². The van der Waals surface area contributed by atoms with Crippen molar-refractivity contribution >= 4 is 35.1 Å². The van der Waals surface area contributed by atoms with E-state index in [4.69, 9.17) is 32.7 Å². The number of benzene rings is 2. The Hall–Kier alpha value is -3.03. The van der Waals surface area contributed by atoms with Crippen LogP contribution in [0.5, 0.6) is 5.75 Å². The molecule has 1 heterocycles. The number of para-hydroxylation sites is 1. The first-order valence-corrected chi connectivity index (χ1v) is 10.7. The molecule has 168 valence electrons. The highest BCUT2D eigenvalue weighted by Crippen LogP contribution is 2.38. The van der Waals surface area contributed by atoms with Crippen molar-refractivity contribution in [2.75, 3.05) is 20.3 Å². The van der Waals surface area contributed by atoms with Crippen LogP contribution in [-0.4, -0.2) is 42.0 Å². The van der Waals surface area contributed by atoms with Crippen LogP contribution >= 0.6 is 23.2 Å². The van der Waals surface area contributed by atoms with Crippen LogP contribution in [-0.2, 0) is 14.3 Å². The molecule has 0 fully saturated rings. The molecule has 0 radical (unpaired) electrons. The Morgan fingerprint density at radius 2 is 1.78 bits per heavy atom. The van der Waals surface area contributed by atoms with Crippen LogP contribution < -0.4 is 4.74 Å². The van der Waals surface area contributed by atoms with Gasteiger partial charge in [-0.15, -0.1) is 0 Å². The van der Waals surface area contributed by atoms with Gasteiger partial charge in [0.15, 0.2) is 5.75 Å².